The monoisotopic (exact) mass is 406 g/mol. The predicted molar refractivity (Wildman–Crippen MR) is 99.7 cm³/mol. The van der Waals surface area contributed by atoms with Gasteiger partial charge in [-0.1, -0.05) is 11.6 Å². The van der Waals surface area contributed by atoms with E-state index in [4.69, 9.17) is 31.2 Å². The predicted octanol–water partition coefficient (Wildman–Crippen LogP) is 1.45. The summed E-state index contributed by atoms with van der Waals surface area (Å²) in [5.74, 6) is -2.29. The third-order valence-corrected chi connectivity index (χ3v) is 5.81. The van der Waals surface area contributed by atoms with Crippen molar-refractivity contribution in [3.8, 4) is 6.07 Å². The number of rotatable bonds is 6. The first-order valence-corrected chi connectivity index (χ1v) is 9.24. The van der Waals surface area contributed by atoms with E-state index in [-0.39, 0.29) is 35.3 Å². The van der Waals surface area contributed by atoms with E-state index in [2.05, 4.69) is 16.2 Å². The summed E-state index contributed by atoms with van der Waals surface area (Å²) in [6.07, 6.45) is 5.43. The van der Waals surface area contributed by atoms with Gasteiger partial charge in [0.25, 0.3) is 5.17 Å². The fourth-order valence-electron chi connectivity index (χ4n) is 4.20. The summed E-state index contributed by atoms with van der Waals surface area (Å²) in [6.45, 7) is 0. The average molecular weight is 406 g/mol. The average Bonchev–Trinajstić information content (AvgIpc) is 3.27. The zero-order valence-corrected chi connectivity index (χ0v) is 16.7. The van der Waals surface area contributed by atoms with Crippen LogP contribution in [0.15, 0.2) is 24.3 Å². The van der Waals surface area contributed by atoms with Crippen molar-refractivity contribution in [2.75, 3.05) is 21.3 Å². The van der Waals surface area contributed by atoms with Gasteiger partial charge >= 0.3 is 5.97 Å². The quantitative estimate of drug-likeness (QED) is 0.300. The smallest absolute Gasteiger partial charge is 0.305 e. The van der Waals surface area contributed by atoms with Crippen LogP contribution in [0.1, 0.15) is 19.3 Å². The number of carbonyl (C=O) groups excluding carboxylic acids is 1. The van der Waals surface area contributed by atoms with E-state index in [1.54, 1.807) is 14.2 Å². The van der Waals surface area contributed by atoms with E-state index < -0.39 is 11.9 Å². The molecule has 28 heavy (non-hydrogen) atoms. The molecular weight excluding hydrogens is 384 g/mol. The molecule has 150 valence electrons. The van der Waals surface area contributed by atoms with Gasteiger partial charge in [-0.3, -0.25) is 4.79 Å². The number of hydrogen-bond acceptors (Lipinski definition) is 9. The summed E-state index contributed by atoms with van der Waals surface area (Å²) < 4.78 is 23.8. The summed E-state index contributed by atoms with van der Waals surface area (Å²) in [4.78, 5) is 15.5. The Hall–Kier alpha value is -2.35. The van der Waals surface area contributed by atoms with Crippen LogP contribution in [0, 0.1) is 29.1 Å². The normalized spacial score (nSPS) is 27.6. The van der Waals surface area contributed by atoms with Crippen LogP contribution in [0.3, 0.4) is 0 Å². The molecule has 3 aliphatic rings. The lowest BCUT2D eigenvalue weighted by molar-refractivity contribution is -0.306. The lowest BCUT2D eigenvalue weighted by atomic mass is 9.60. The number of nitrogens with zero attached hydrogens (tertiary/aromatic N) is 4. The first-order chi connectivity index (χ1) is 13.5. The van der Waals surface area contributed by atoms with Crippen LogP contribution in [-0.4, -0.2) is 59.1 Å². The molecular formula is C18H22N4O5S. The highest BCUT2D eigenvalue weighted by Crippen LogP contribution is 2.53. The summed E-state index contributed by atoms with van der Waals surface area (Å²) in [7, 11) is 4.44. The van der Waals surface area contributed by atoms with E-state index in [0.29, 0.717) is 12.8 Å². The van der Waals surface area contributed by atoms with E-state index in [0.717, 1.165) is 5.57 Å². The Morgan fingerprint density at radius 2 is 2.18 bits per heavy atom. The molecule has 0 radical (unpaired) electrons. The van der Waals surface area contributed by atoms with Crippen molar-refractivity contribution in [1.82, 2.24) is 14.8 Å². The molecule has 0 aromatic carbocycles. The van der Waals surface area contributed by atoms with Gasteiger partial charge in [-0.05, 0) is 25.1 Å². The van der Waals surface area contributed by atoms with Crippen LogP contribution in [0.5, 0.6) is 0 Å². The fourth-order valence-corrected chi connectivity index (χ4v) is 4.40. The van der Waals surface area contributed by atoms with E-state index in [1.165, 1.54) is 24.4 Å². The van der Waals surface area contributed by atoms with Gasteiger partial charge in [0.15, 0.2) is 6.10 Å². The number of fused-ring (bicyclic) bond motifs is 2. The summed E-state index contributed by atoms with van der Waals surface area (Å²) in [6, 6.07) is 2.35. The van der Waals surface area contributed by atoms with Crippen LogP contribution in [-0.2, 0) is 23.7 Å². The molecule has 0 spiro atoms. The molecule has 10 heteroatoms. The number of esters is 1. The van der Waals surface area contributed by atoms with E-state index >= 15 is 0 Å². The van der Waals surface area contributed by atoms with Crippen LogP contribution >= 0.6 is 12.2 Å². The Morgan fingerprint density at radius 3 is 2.75 bits per heavy atom. The van der Waals surface area contributed by atoms with Crippen LogP contribution < -0.4 is 0 Å². The molecule has 1 aromatic rings. The molecule has 9 nitrogen and oxygen atoms in total. The molecule has 4 atom stereocenters. The third-order valence-electron chi connectivity index (χ3n) is 5.52. The lowest BCUT2D eigenvalue weighted by Gasteiger charge is -2.54. The Labute approximate surface area is 168 Å². The van der Waals surface area contributed by atoms with Crippen LogP contribution in [0.4, 0.5) is 0 Å². The minimum absolute atomic E-state index is 0.0923. The Morgan fingerprint density at radius 1 is 1.43 bits per heavy atom. The summed E-state index contributed by atoms with van der Waals surface area (Å²) >= 11 is 5.34. The zero-order chi connectivity index (χ0) is 20.3. The van der Waals surface area contributed by atoms with Crippen molar-refractivity contribution in [2.24, 2.45) is 17.8 Å². The molecule has 1 aromatic heterocycles. The van der Waals surface area contributed by atoms with E-state index in [9.17, 15) is 10.1 Å². The standard InChI is InChI=1S/C18H22N4O5S/c1-24-15(23)5-4-11-6-13-12(8-19)7-14(11)18(25-2,26-3)16(13)27-17(28)22-10-20-9-21-22/h6,9-10,12-14,16H,4-5,7H2,1-3H3/t12?,13?,14?,16-/m0/s1. The molecule has 0 N–H and O–H groups in total. The molecule has 0 aliphatic heterocycles. The van der Waals surface area contributed by atoms with Crippen LogP contribution in [0.2, 0.25) is 0 Å². The molecule has 4 rings (SSSR count). The van der Waals surface area contributed by atoms with E-state index in [1.807, 2.05) is 6.08 Å². The van der Waals surface area contributed by atoms with Crippen LogP contribution in [0.25, 0.3) is 0 Å². The lowest BCUT2D eigenvalue weighted by Crippen LogP contribution is -2.64. The second-order valence-corrected chi connectivity index (χ2v) is 7.04. The largest absolute Gasteiger partial charge is 0.469 e. The summed E-state index contributed by atoms with van der Waals surface area (Å²) in [5, 5.41) is 13.7. The second-order valence-electron chi connectivity index (χ2n) is 6.69. The van der Waals surface area contributed by atoms with Gasteiger partial charge < -0.3 is 18.9 Å². The van der Waals surface area contributed by atoms with Gasteiger partial charge in [0.05, 0.1) is 19.1 Å². The molecule has 0 saturated heterocycles. The minimum atomic E-state index is -1.14. The fraction of sp³-hybridized carbons (Fsp3) is 0.611. The molecule has 1 saturated carbocycles. The van der Waals surface area contributed by atoms with Crippen molar-refractivity contribution >= 4 is 23.4 Å². The maximum Gasteiger partial charge on any atom is 0.305 e. The van der Waals surface area contributed by atoms with Gasteiger partial charge in [0.1, 0.15) is 12.7 Å². The van der Waals surface area contributed by atoms with Gasteiger partial charge in [-0.2, -0.15) is 15.0 Å². The maximum atomic E-state index is 11.6. The zero-order valence-electron chi connectivity index (χ0n) is 15.9. The molecule has 3 unspecified atom stereocenters. The number of hydrogen-bond donors (Lipinski definition) is 0. The van der Waals surface area contributed by atoms with Crippen molar-refractivity contribution < 1.29 is 23.7 Å². The van der Waals surface area contributed by atoms with Crippen molar-refractivity contribution in [3.63, 3.8) is 0 Å². The highest BCUT2D eigenvalue weighted by molar-refractivity contribution is 7.80. The van der Waals surface area contributed by atoms with Crippen molar-refractivity contribution in [3.05, 3.63) is 24.3 Å². The number of nitriles is 1. The number of carbonyl (C=O) groups is 1. The van der Waals surface area contributed by atoms with Gasteiger partial charge in [-0.25, -0.2) is 4.98 Å². The maximum absolute atomic E-state index is 11.6. The van der Waals surface area contributed by atoms with Crippen molar-refractivity contribution in [1.29, 1.82) is 5.26 Å². The molecule has 1 fully saturated rings. The number of aromatic nitrogens is 3. The van der Waals surface area contributed by atoms with Gasteiger partial charge in [-0.15, -0.1) is 0 Å². The Kier molecular flexibility index (Phi) is 6.07. The Bertz CT molecular complexity index is 799. The number of thiocarbonyl (C=S) groups is 1. The number of methoxy groups -OCH3 is 3. The highest BCUT2D eigenvalue weighted by atomic mass is 32.1. The van der Waals surface area contributed by atoms with Crippen molar-refractivity contribution in [2.45, 2.75) is 31.2 Å². The molecule has 0 amide bonds. The van der Waals surface area contributed by atoms with Gasteiger partial charge in [0, 0.05) is 32.5 Å². The molecule has 1 heterocycles. The first kappa shape index (κ1) is 20.4. The topological polar surface area (TPSA) is 108 Å². The first-order valence-electron chi connectivity index (χ1n) is 8.83. The minimum Gasteiger partial charge on any atom is -0.469 e. The third kappa shape index (κ3) is 3.41. The molecule has 3 aliphatic carbocycles. The number of ether oxygens (including phenoxy) is 4. The van der Waals surface area contributed by atoms with Gasteiger partial charge in [0.2, 0.25) is 5.79 Å². The summed E-state index contributed by atoms with van der Waals surface area (Å²) in [5.41, 5.74) is 0.997. The Balaban J connectivity index is 1.94. The molecule has 2 bridgehead atoms. The highest BCUT2D eigenvalue weighted by Gasteiger charge is 2.61. The second kappa shape index (κ2) is 8.34. The SMILES string of the molecule is COC(=O)CCC1=CC2C(C#N)CC1C(OC)(OC)[C@H]2OC(=S)n1cncn1.